The van der Waals surface area contributed by atoms with Crippen molar-refractivity contribution in [2.75, 3.05) is 6.54 Å². The molecule has 1 aliphatic heterocycles. The maximum atomic E-state index is 15.1. The van der Waals surface area contributed by atoms with Crippen molar-refractivity contribution in [2.24, 2.45) is 0 Å². The van der Waals surface area contributed by atoms with Gasteiger partial charge < -0.3 is 15.4 Å². The topological polar surface area (TPSA) is 80.3 Å². The molecule has 2 amide bonds. The highest BCUT2D eigenvalue weighted by Crippen LogP contribution is 2.36. The standard InChI is InChI=1S/C17H15F2N3O3/c1-9(23)21-7-12-13(18)5-11(14-8-22-17(24)25-14)15(16(12)19)10-3-2-4-20-6-10/h2-6,14H,7-8H2,1H3,(H,21,23)(H,22,24). The van der Waals surface area contributed by atoms with Crippen molar-refractivity contribution in [3.8, 4) is 11.1 Å². The summed E-state index contributed by atoms with van der Waals surface area (Å²) in [5, 5.41) is 4.85. The molecule has 1 aromatic heterocycles. The number of alkyl carbamates (subject to hydrolysis) is 1. The first-order valence-corrected chi connectivity index (χ1v) is 7.57. The molecule has 2 aromatic rings. The lowest BCUT2D eigenvalue weighted by Gasteiger charge is -2.18. The fourth-order valence-corrected chi connectivity index (χ4v) is 2.67. The summed E-state index contributed by atoms with van der Waals surface area (Å²) in [5.41, 5.74) is 0.446. The molecular formula is C17H15F2N3O3. The van der Waals surface area contributed by atoms with Crippen molar-refractivity contribution in [3.63, 3.8) is 0 Å². The van der Waals surface area contributed by atoms with Crippen LogP contribution in [0.5, 0.6) is 0 Å². The second-order valence-electron chi connectivity index (χ2n) is 5.54. The molecule has 3 rings (SSSR count). The lowest BCUT2D eigenvalue weighted by molar-refractivity contribution is -0.119. The lowest BCUT2D eigenvalue weighted by Crippen LogP contribution is -2.21. The van der Waals surface area contributed by atoms with Crippen LogP contribution in [0.25, 0.3) is 11.1 Å². The smallest absolute Gasteiger partial charge is 0.407 e. The molecule has 1 aromatic carbocycles. The largest absolute Gasteiger partial charge is 0.439 e. The highest BCUT2D eigenvalue weighted by atomic mass is 19.1. The first kappa shape index (κ1) is 16.8. The van der Waals surface area contributed by atoms with Crippen molar-refractivity contribution in [3.05, 3.63) is 53.4 Å². The molecule has 0 radical (unpaired) electrons. The number of amides is 2. The number of aromatic nitrogens is 1. The predicted molar refractivity (Wildman–Crippen MR) is 84.3 cm³/mol. The first-order valence-electron chi connectivity index (χ1n) is 7.57. The number of rotatable bonds is 4. The van der Waals surface area contributed by atoms with Gasteiger partial charge in [0.1, 0.15) is 17.7 Å². The van der Waals surface area contributed by atoms with Crippen LogP contribution in [0.15, 0.2) is 30.6 Å². The van der Waals surface area contributed by atoms with Crippen LogP contribution in [-0.4, -0.2) is 23.5 Å². The second-order valence-corrected chi connectivity index (χ2v) is 5.54. The highest BCUT2D eigenvalue weighted by molar-refractivity contribution is 5.74. The first-order chi connectivity index (χ1) is 12.0. The summed E-state index contributed by atoms with van der Waals surface area (Å²) in [4.78, 5) is 26.3. The van der Waals surface area contributed by atoms with Crippen LogP contribution in [0, 0.1) is 11.6 Å². The minimum atomic E-state index is -0.822. The van der Waals surface area contributed by atoms with Crippen LogP contribution in [0.1, 0.15) is 24.2 Å². The third-order valence-corrected chi connectivity index (χ3v) is 3.84. The normalized spacial score (nSPS) is 16.3. The van der Waals surface area contributed by atoms with Gasteiger partial charge in [-0.05, 0) is 12.1 Å². The van der Waals surface area contributed by atoms with Crippen LogP contribution in [-0.2, 0) is 16.1 Å². The number of hydrogen-bond donors (Lipinski definition) is 2. The summed E-state index contributed by atoms with van der Waals surface area (Å²) in [6.45, 7) is 1.08. The number of nitrogens with zero attached hydrogens (tertiary/aromatic N) is 1. The molecule has 2 heterocycles. The van der Waals surface area contributed by atoms with Gasteiger partial charge in [-0.2, -0.15) is 0 Å². The van der Waals surface area contributed by atoms with Crippen LogP contribution in [0.2, 0.25) is 0 Å². The molecule has 1 aliphatic rings. The monoisotopic (exact) mass is 347 g/mol. The van der Waals surface area contributed by atoms with Gasteiger partial charge in [0.2, 0.25) is 5.91 Å². The van der Waals surface area contributed by atoms with Gasteiger partial charge >= 0.3 is 6.09 Å². The fraction of sp³-hybridized carbons (Fsp3) is 0.235. The molecule has 1 atom stereocenters. The highest BCUT2D eigenvalue weighted by Gasteiger charge is 2.30. The van der Waals surface area contributed by atoms with E-state index in [1.165, 1.54) is 19.3 Å². The van der Waals surface area contributed by atoms with Crippen LogP contribution < -0.4 is 10.6 Å². The molecule has 0 aliphatic carbocycles. The number of nitrogens with one attached hydrogen (secondary N) is 2. The van der Waals surface area contributed by atoms with E-state index in [0.29, 0.717) is 5.56 Å². The van der Waals surface area contributed by atoms with Crippen LogP contribution in [0.4, 0.5) is 13.6 Å². The minimum absolute atomic E-state index is 0.0938. The minimum Gasteiger partial charge on any atom is -0.439 e. The Bertz CT molecular complexity index is 828. The number of carbonyl (C=O) groups is 2. The Balaban J connectivity index is 2.14. The van der Waals surface area contributed by atoms with Crippen LogP contribution in [0.3, 0.4) is 0 Å². The van der Waals surface area contributed by atoms with E-state index in [2.05, 4.69) is 15.6 Å². The molecule has 1 unspecified atom stereocenters. The van der Waals surface area contributed by atoms with E-state index >= 15 is 4.39 Å². The molecule has 0 spiro atoms. The van der Waals surface area contributed by atoms with Crippen molar-refractivity contribution in [2.45, 2.75) is 19.6 Å². The molecule has 0 saturated carbocycles. The van der Waals surface area contributed by atoms with Crippen molar-refractivity contribution >= 4 is 12.0 Å². The van der Waals surface area contributed by atoms with Gasteiger partial charge in [-0.1, -0.05) is 6.07 Å². The predicted octanol–water partition coefficient (Wildman–Crippen LogP) is 2.44. The second kappa shape index (κ2) is 6.84. The molecular weight excluding hydrogens is 332 g/mol. The molecule has 130 valence electrons. The number of cyclic esters (lactones) is 1. The van der Waals surface area contributed by atoms with E-state index in [1.54, 1.807) is 12.1 Å². The Morgan fingerprint density at radius 1 is 1.48 bits per heavy atom. The molecule has 2 N–H and O–H groups in total. The zero-order valence-corrected chi connectivity index (χ0v) is 13.3. The summed E-state index contributed by atoms with van der Waals surface area (Å²) in [7, 11) is 0. The van der Waals surface area contributed by atoms with E-state index in [9.17, 15) is 14.0 Å². The van der Waals surface area contributed by atoms with Crippen LogP contribution >= 0.6 is 0 Å². The Labute approximate surface area is 142 Å². The number of carbonyl (C=O) groups excluding carboxylic acids is 2. The Kier molecular flexibility index (Phi) is 4.60. The molecule has 25 heavy (non-hydrogen) atoms. The zero-order chi connectivity index (χ0) is 18.0. The maximum Gasteiger partial charge on any atom is 0.407 e. The summed E-state index contributed by atoms with van der Waals surface area (Å²) < 4.78 is 34.6. The summed E-state index contributed by atoms with van der Waals surface area (Å²) in [6, 6.07) is 4.38. The van der Waals surface area contributed by atoms with Gasteiger partial charge in [-0.25, -0.2) is 13.6 Å². The molecule has 6 nitrogen and oxygen atoms in total. The molecule has 1 fully saturated rings. The van der Waals surface area contributed by atoms with Crippen molar-refractivity contribution in [1.29, 1.82) is 0 Å². The van der Waals surface area contributed by atoms with Gasteiger partial charge in [0.15, 0.2) is 0 Å². The molecule has 8 heteroatoms. The zero-order valence-electron chi connectivity index (χ0n) is 13.3. The number of halogens is 2. The SMILES string of the molecule is CC(=O)NCc1c(F)cc(C2CNC(=O)O2)c(-c2cccnc2)c1F. The van der Waals surface area contributed by atoms with E-state index < -0.39 is 29.7 Å². The summed E-state index contributed by atoms with van der Waals surface area (Å²) in [5.74, 6) is -2.05. The molecule has 0 bridgehead atoms. The number of ether oxygens (including phenoxy) is 1. The van der Waals surface area contributed by atoms with Gasteiger partial charge in [0.25, 0.3) is 0 Å². The fourth-order valence-electron chi connectivity index (χ4n) is 2.67. The third kappa shape index (κ3) is 3.42. The summed E-state index contributed by atoms with van der Waals surface area (Å²) >= 11 is 0. The van der Waals surface area contributed by atoms with Gasteiger partial charge in [-0.3, -0.25) is 9.78 Å². The quantitative estimate of drug-likeness (QED) is 0.890. The summed E-state index contributed by atoms with van der Waals surface area (Å²) in [6.07, 6.45) is 1.50. The van der Waals surface area contributed by atoms with E-state index in [4.69, 9.17) is 4.74 Å². The average Bonchev–Trinajstić information content (AvgIpc) is 3.01. The van der Waals surface area contributed by atoms with Gasteiger partial charge in [0.05, 0.1) is 6.54 Å². The average molecular weight is 347 g/mol. The molecule has 1 saturated heterocycles. The number of pyridine rings is 1. The number of hydrogen-bond acceptors (Lipinski definition) is 4. The van der Waals surface area contributed by atoms with Gasteiger partial charge in [0, 0.05) is 48.1 Å². The van der Waals surface area contributed by atoms with E-state index in [0.717, 1.165) is 6.07 Å². The van der Waals surface area contributed by atoms with Crippen molar-refractivity contribution < 1.29 is 23.1 Å². The Hall–Kier alpha value is -3.03. The maximum absolute atomic E-state index is 15.1. The van der Waals surface area contributed by atoms with Crippen molar-refractivity contribution in [1.82, 2.24) is 15.6 Å². The third-order valence-electron chi connectivity index (χ3n) is 3.84. The Morgan fingerprint density at radius 2 is 2.28 bits per heavy atom. The number of benzene rings is 1. The lowest BCUT2D eigenvalue weighted by atomic mass is 9.93. The van der Waals surface area contributed by atoms with E-state index in [1.807, 2.05) is 0 Å². The van der Waals surface area contributed by atoms with E-state index in [-0.39, 0.29) is 29.8 Å². The Morgan fingerprint density at radius 3 is 2.88 bits per heavy atom. The van der Waals surface area contributed by atoms with Gasteiger partial charge in [-0.15, -0.1) is 0 Å².